The number of para-hydroxylation sites is 1. The highest BCUT2D eigenvalue weighted by Gasteiger charge is 2.17. The van der Waals surface area contributed by atoms with Crippen molar-refractivity contribution in [3.8, 4) is 0 Å². The summed E-state index contributed by atoms with van der Waals surface area (Å²) in [4.78, 5) is 11.9. The second-order valence-electron chi connectivity index (χ2n) is 4.06. The molecular weight excluding hydrogens is 269 g/mol. The molecule has 6 heteroatoms. The fraction of sp³-hybridized carbons (Fsp3) is 0.0714. The van der Waals surface area contributed by atoms with Crippen molar-refractivity contribution < 1.29 is 18.0 Å². The molecule has 0 aliphatic rings. The number of nitrogens with one attached hydrogen (secondary N) is 1. The van der Waals surface area contributed by atoms with Gasteiger partial charge in [0.05, 0.1) is 5.56 Å². The molecule has 0 unspecified atom stereocenters. The fourth-order valence-corrected chi connectivity index (χ4v) is 1.71. The van der Waals surface area contributed by atoms with Gasteiger partial charge in [0.2, 0.25) is 0 Å². The summed E-state index contributed by atoms with van der Waals surface area (Å²) in [5.74, 6) is -4.64. The molecule has 0 saturated carbocycles. The van der Waals surface area contributed by atoms with Crippen LogP contribution in [0.5, 0.6) is 0 Å². The van der Waals surface area contributed by atoms with Crippen LogP contribution in [0.2, 0.25) is 0 Å². The summed E-state index contributed by atoms with van der Waals surface area (Å²) in [7, 11) is 0. The van der Waals surface area contributed by atoms with Crippen LogP contribution in [-0.4, -0.2) is 5.91 Å². The molecule has 0 aliphatic carbocycles. The van der Waals surface area contributed by atoms with Crippen molar-refractivity contribution in [1.29, 1.82) is 0 Å². The second kappa shape index (κ2) is 5.75. The van der Waals surface area contributed by atoms with E-state index >= 15 is 0 Å². The third kappa shape index (κ3) is 2.80. The van der Waals surface area contributed by atoms with E-state index in [0.717, 1.165) is 0 Å². The number of hydrogen-bond acceptors (Lipinski definition) is 2. The maximum Gasteiger partial charge on any atom is 0.258 e. The number of carbonyl (C=O) groups is 1. The maximum atomic E-state index is 13.5. The van der Waals surface area contributed by atoms with Gasteiger partial charge in [-0.15, -0.1) is 0 Å². The number of anilines is 1. The van der Waals surface area contributed by atoms with Gasteiger partial charge in [-0.05, 0) is 17.7 Å². The van der Waals surface area contributed by atoms with E-state index in [1.54, 1.807) is 24.3 Å². The highest BCUT2D eigenvalue weighted by molar-refractivity contribution is 6.04. The third-order valence-corrected chi connectivity index (χ3v) is 2.74. The molecule has 104 valence electrons. The van der Waals surface area contributed by atoms with Crippen molar-refractivity contribution in [3.63, 3.8) is 0 Å². The lowest BCUT2D eigenvalue weighted by Gasteiger charge is -2.10. The zero-order valence-electron chi connectivity index (χ0n) is 10.3. The lowest BCUT2D eigenvalue weighted by molar-refractivity contribution is 0.102. The summed E-state index contributed by atoms with van der Waals surface area (Å²) in [5, 5.41) is 2.42. The molecule has 0 heterocycles. The second-order valence-corrected chi connectivity index (χ2v) is 4.06. The molecule has 2 aromatic rings. The van der Waals surface area contributed by atoms with Crippen LogP contribution in [0.3, 0.4) is 0 Å². The van der Waals surface area contributed by atoms with Gasteiger partial charge in [-0.1, -0.05) is 18.2 Å². The Labute approximate surface area is 113 Å². The monoisotopic (exact) mass is 280 g/mol. The van der Waals surface area contributed by atoms with Crippen LogP contribution >= 0.6 is 0 Å². The van der Waals surface area contributed by atoms with Gasteiger partial charge < -0.3 is 11.1 Å². The molecule has 0 spiro atoms. The van der Waals surface area contributed by atoms with Crippen LogP contribution in [0, 0.1) is 17.5 Å². The average molecular weight is 280 g/mol. The van der Waals surface area contributed by atoms with E-state index in [1.807, 2.05) is 0 Å². The normalized spacial score (nSPS) is 10.4. The first-order valence-electron chi connectivity index (χ1n) is 5.76. The Morgan fingerprint density at radius 3 is 2.40 bits per heavy atom. The number of hydrogen-bond donors (Lipinski definition) is 2. The molecule has 1 amide bonds. The van der Waals surface area contributed by atoms with E-state index in [9.17, 15) is 18.0 Å². The minimum Gasteiger partial charge on any atom is -0.326 e. The highest BCUT2D eigenvalue weighted by atomic mass is 19.2. The summed E-state index contributed by atoms with van der Waals surface area (Å²) >= 11 is 0. The largest absolute Gasteiger partial charge is 0.326 e. The van der Waals surface area contributed by atoms with Crippen molar-refractivity contribution >= 4 is 11.6 Å². The van der Waals surface area contributed by atoms with E-state index in [0.29, 0.717) is 23.4 Å². The van der Waals surface area contributed by atoms with Crippen molar-refractivity contribution in [3.05, 3.63) is 65.0 Å². The number of rotatable bonds is 3. The molecule has 0 atom stereocenters. The van der Waals surface area contributed by atoms with Crippen LogP contribution in [0.1, 0.15) is 15.9 Å². The highest BCUT2D eigenvalue weighted by Crippen LogP contribution is 2.18. The van der Waals surface area contributed by atoms with Crippen LogP contribution in [0.25, 0.3) is 0 Å². The molecule has 2 rings (SSSR count). The number of benzene rings is 2. The van der Waals surface area contributed by atoms with Gasteiger partial charge in [0, 0.05) is 18.3 Å². The van der Waals surface area contributed by atoms with E-state index in [1.165, 1.54) is 0 Å². The van der Waals surface area contributed by atoms with Gasteiger partial charge in [0.1, 0.15) is 5.82 Å². The molecule has 20 heavy (non-hydrogen) atoms. The SMILES string of the molecule is NCc1ccccc1NC(=O)c1cc(F)c(F)cc1F. The molecule has 2 aromatic carbocycles. The Morgan fingerprint density at radius 2 is 1.70 bits per heavy atom. The molecule has 0 fully saturated rings. The molecule has 0 aromatic heterocycles. The Hall–Kier alpha value is -2.34. The van der Waals surface area contributed by atoms with Crippen LogP contribution < -0.4 is 11.1 Å². The standard InChI is InChI=1S/C14H11F3N2O/c15-10-6-12(17)11(16)5-9(10)14(20)19-13-4-2-1-3-8(13)7-18/h1-6H,7,18H2,(H,19,20). The predicted molar refractivity (Wildman–Crippen MR) is 68.6 cm³/mol. The molecule has 0 aliphatic heterocycles. The van der Waals surface area contributed by atoms with Gasteiger partial charge in [0.15, 0.2) is 11.6 Å². The fourth-order valence-electron chi connectivity index (χ4n) is 1.71. The minimum absolute atomic E-state index is 0.177. The molecule has 0 radical (unpaired) electrons. The van der Waals surface area contributed by atoms with Gasteiger partial charge in [-0.3, -0.25) is 4.79 Å². The zero-order chi connectivity index (χ0) is 14.7. The summed E-state index contributed by atoms with van der Waals surface area (Å²) in [6.45, 7) is 0.177. The van der Waals surface area contributed by atoms with Crippen LogP contribution in [-0.2, 0) is 6.54 Å². The zero-order valence-corrected chi connectivity index (χ0v) is 10.3. The number of amides is 1. The lowest BCUT2D eigenvalue weighted by Crippen LogP contribution is -2.16. The summed E-state index contributed by atoms with van der Waals surface area (Å²) in [6.07, 6.45) is 0. The summed E-state index contributed by atoms with van der Waals surface area (Å²) in [6, 6.07) is 7.52. The quantitative estimate of drug-likeness (QED) is 0.849. The Kier molecular flexibility index (Phi) is 4.05. The first-order valence-corrected chi connectivity index (χ1v) is 5.76. The number of nitrogens with two attached hydrogens (primary N) is 1. The number of carbonyl (C=O) groups excluding carboxylic acids is 1. The molecule has 3 nitrogen and oxygen atoms in total. The van der Waals surface area contributed by atoms with Gasteiger partial charge in [-0.2, -0.15) is 0 Å². The Bertz CT molecular complexity index is 659. The van der Waals surface area contributed by atoms with Crippen molar-refractivity contribution in [1.82, 2.24) is 0 Å². The first-order chi connectivity index (χ1) is 9.52. The Morgan fingerprint density at radius 1 is 1.05 bits per heavy atom. The van der Waals surface area contributed by atoms with E-state index in [4.69, 9.17) is 5.73 Å². The Balaban J connectivity index is 2.31. The van der Waals surface area contributed by atoms with Crippen molar-refractivity contribution in [2.24, 2.45) is 5.73 Å². The summed E-state index contributed by atoms with van der Waals surface area (Å²) < 4.78 is 39.3. The lowest BCUT2D eigenvalue weighted by atomic mass is 10.1. The maximum absolute atomic E-state index is 13.5. The number of halogens is 3. The van der Waals surface area contributed by atoms with Crippen LogP contribution in [0.15, 0.2) is 36.4 Å². The van der Waals surface area contributed by atoms with Gasteiger partial charge in [-0.25, -0.2) is 13.2 Å². The van der Waals surface area contributed by atoms with Crippen LogP contribution in [0.4, 0.5) is 18.9 Å². The molecule has 0 saturated heterocycles. The smallest absolute Gasteiger partial charge is 0.258 e. The molecule has 0 bridgehead atoms. The van der Waals surface area contributed by atoms with E-state index in [2.05, 4.69) is 5.32 Å². The minimum atomic E-state index is -1.35. The predicted octanol–water partition coefficient (Wildman–Crippen LogP) is 2.81. The van der Waals surface area contributed by atoms with E-state index in [-0.39, 0.29) is 6.54 Å². The third-order valence-electron chi connectivity index (χ3n) is 2.74. The van der Waals surface area contributed by atoms with E-state index < -0.39 is 28.9 Å². The average Bonchev–Trinajstić information content (AvgIpc) is 2.43. The summed E-state index contributed by atoms with van der Waals surface area (Å²) in [5.41, 5.74) is 5.97. The topological polar surface area (TPSA) is 55.1 Å². The first kappa shape index (κ1) is 14.1. The van der Waals surface area contributed by atoms with Crippen molar-refractivity contribution in [2.75, 3.05) is 5.32 Å². The molecular formula is C14H11F3N2O. The van der Waals surface area contributed by atoms with Gasteiger partial charge in [0.25, 0.3) is 5.91 Å². The molecule has 3 N–H and O–H groups in total. The van der Waals surface area contributed by atoms with Crippen molar-refractivity contribution in [2.45, 2.75) is 6.54 Å². The van der Waals surface area contributed by atoms with Gasteiger partial charge >= 0.3 is 0 Å².